The summed E-state index contributed by atoms with van der Waals surface area (Å²) in [6, 6.07) is 12.9. The van der Waals surface area contributed by atoms with Crippen molar-refractivity contribution < 1.29 is 23.1 Å². The van der Waals surface area contributed by atoms with Gasteiger partial charge >= 0.3 is 12.1 Å². The highest BCUT2D eigenvalue weighted by Gasteiger charge is 2.38. The number of halogens is 3. The molecule has 0 spiro atoms. The van der Waals surface area contributed by atoms with Gasteiger partial charge in [0.05, 0.1) is 17.5 Å². The molecular formula is C23H26F3NO2. The Morgan fingerprint density at radius 1 is 1.00 bits per heavy atom. The first-order valence-corrected chi connectivity index (χ1v) is 9.91. The summed E-state index contributed by atoms with van der Waals surface area (Å²) in [5.41, 5.74) is 1.49. The molecule has 1 N–H and O–H groups in total. The molecule has 6 heteroatoms. The summed E-state index contributed by atoms with van der Waals surface area (Å²) in [7, 11) is 0. The van der Waals surface area contributed by atoms with Crippen molar-refractivity contribution in [1.82, 2.24) is 4.90 Å². The third kappa shape index (κ3) is 4.81. The minimum absolute atomic E-state index is 0.214. The van der Waals surface area contributed by atoms with Crippen LogP contribution >= 0.6 is 0 Å². The van der Waals surface area contributed by atoms with Crippen LogP contribution in [0.25, 0.3) is 0 Å². The average Bonchev–Trinajstić information content (AvgIpc) is 2.68. The van der Waals surface area contributed by atoms with Crippen LogP contribution in [0.5, 0.6) is 0 Å². The van der Waals surface area contributed by atoms with Gasteiger partial charge in [-0.25, -0.2) is 0 Å². The number of nitrogens with zero attached hydrogens (tertiary/aromatic N) is 1. The van der Waals surface area contributed by atoms with Crippen molar-refractivity contribution >= 4 is 5.97 Å². The van der Waals surface area contributed by atoms with E-state index >= 15 is 0 Å². The monoisotopic (exact) mass is 405 g/mol. The molecule has 1 aliphatic heterocycles. The Morgan fingerprint density at radius 3 is 2.07 bits per heavy atom. The van der Waals surface area contributed by atoms with Gasteiger partial charge in [-0.05, 0) is 54.6 Å². The fourth-order valence-electron chi connectivity index (χ4n) is 4.05. The van der Waals surface area contributed by atoms with E-state index in [-0.39, 0.29) is 5.56 Å². The van der Waals surface area contributed by atoms with Crippen LogP contribution in [0.3, 0.4) is 0 Å². The standard InChI is InChI=1S/C23H26F3NO2/c1-15(2)16-7-9-17(10-8-16)21(27-13-11-18(12-14-27)22(28)29)19-5-3-4-6-20(19)23(24,25)26/h3-10,15,18,21H,11-14H2,1-2H3,(H,28,29). The number of likely N-dealkylation sites (tertiary alicyclic amines) is 1. The SMILES string of the molecule is CC(C)c1ccc(C(c2ccccc2C(F)(F)F)N2CCC(C(=O)O)CC2)cc1. The maximum absolute atomic E-state index is 13.7. The van der Waals surface area contributed by atoms with Crippen LogP contribution in [0, 0.1) is 5.92 Å². The molecular weight excluding hydrogens is 379 g/mol. The van der Waals surface area contributed by atoms with Crippen molar-refractivity contribution in [2.45, 2.75) is 44.8 Å². The van der Waals surface area contributed by atoms with Crippen LogP contribution in [0.1, 0.15) is 60.9 Å². The number of hydrogen-bond acceptors (Lipinski definition) is 2. The third-order valence-corrected chi connectivity index (χ3v) is 5.72. The van der Waals surface area contributed by atoms with E-state index in [0.717, 1.165) is 17.2 Å². The van der Waals surface area contributed by atoms with Crippen molar-refractivity contribution in [1.29, 1.82) is 0 Å². The van der Waals surface area contributed by atoms with Gasteiger partial charge in [-0.2, -0.15) is 13.2 Å². The third-order valence-electron chi connectivity index (χ3n) is 5.72. The summed E-state index contributed by atoms with van der Waals surface area (Å²) in [6.07, 6.45) is -3.58. The number of carboxylic acids is 1. The van der Waals surface area contributed by atoms with Crippen LogP contribution in [-0.2, 0) is 11.0 Å². The first-order chi connectivity index (χ1) is 13.7. The summed E-state index contributed by atoms with van der Waals surface area (Å²) in [6.45, 7) is 5.03. The van der Waals surface area contributed by atoms with Gasteiger partial charge in [-0.1, -0.05) is 56.3 Å². The van der Waals surface area contributed by atoms with E-state index in [1.807, 2.05) is 29.2 Å². The molecule has 29 heavy (non-hydrogen) atoms. The molecule has 3 rings (SSSR count). The maximum Gasteiger partial charge on any atom is 0.416 e. The number of hydrogen-bond donors (Lipinski definition) is 1. The highest BCUT2D eigenvalue weighted by Crippen LogP contribution is 2.40. The second kappa shape index (κ2) is 8.57. The number of benzene rings is 2. The average molecular weight is 405 g/mol. The topological polar surface area (TPSA) is 40.5 Å². The van der Waals surface area contributed by atoms with Gasteiger partial charge in [-0.15, -0.1) is 0 Å². The molecule has 0 amide bonds. The normalized spacial score (nSPS) is 17.4. The molecule has 2 aromatic rings. The van der Waals surface area contributed by atoms with Gasteiger partial charge in [0.2, 0.25) is 0 Å². The van der Waals surface area contributed by atoms with Crippen molar-refractivity contribution in [3.63, 3.8) is 0 Å². The van der Waals surface area contributed by atoms with Gasteiger partial charge < -0.3 is 5.11 Å². The smallest absolute Gasteiger partial charge is 0.416 e. The van der Waals surface area contributed by atoms with Crippen LogP contribution in [0.2, 0.25) is 0 Å². The summed E-state index contributed by atoms with van der Waals surface area (Å²) in [4.78, 5) is 13.3. The molecule has 0 aliphatic carbocycles. The van der Waals surface area contributed by atoms with Gasteiger partial charge in [0, 0.05) is 0 Å². The molecule has 0 radical (unpaired) electrons. The Balaban J connectivity index is 2.03. The van der Waals surface area contributed by atoms with E-state index in [1.54, 1.807) is 6.07 Å². The van der Waals surface area contributed by atoms with Crippen LogP contribution < -0.4 is 0 Å². The number of rotatable bonds is 5. The number of carboxylic acid groups (broad SMARTS) is 1. The quantitative estimate of drug-likeness (QED) is 0.692. The van der Waals surface area contributed by atoms with Crippen molar-refractivity contribution in [3.05, 3.63) is 70.8 Å². The maximum atomic E-state index is 13.7. The van der Waals surface area contributed by atoms with Crippen LogP contribution in [0.4, 0.5) is 13.2 Å². The Hall–Kier alpha value is -2.34. The van der Waals surface area contributed by atoms with E-state index in [9.17, 15) is 23.1 Å². The number of aliphatic carboxylic acids is 1. The summed E-state index contributed by atoms with van der Waals surface area (Å²) in [5, 5.41) is 9.26. The Kier molecular flexibility index (Phi) is 6.32. The molecule has 0 bridgehead atoms. The molecule has 1 atom stereocenters. The summed E-state index contributed by atoms with van der Waals surface area (Å²) in [5.74, 6) is -0.942. The Morgan fingerprint density at radius 2 is 1.55 bits per heavy atom. The number of carbonyl (C=O) groups is 1. The zero-order chi connectivity index (χ0) is 21.2. The first-order valence-electron chi connectivity index (χ1n) is 9.91. The fourth-order valence-corrected chi connectivity index (χ4v) is 4.05. The van der Waals surface area contributed by atoms with E-state index in [1.165, 1.54) is 12.1 Å². The Bertz CT molecular complexity index is 838. The lowest BCUT2D eigenvalue weighted by Crippen LogP contribution is -2.39. The molecule has 1 heterocycles. The lowest BCUT2D eigenvalue weighted by molar-refractivity contribution is -0.143. The van der Waals surface area contributed by atoms with Gasteiger partial charge in [0.15, 0.2) is 0 Å². The van der Waals surface area contributed by atoms with Crippen LogP contribution in [0.15, 0.2) is 48.5 Å². The van der Waals surface area contributed by atoms with E-state index in [0.29, 0.717) is 31.8 Å². The minimum Gasteiger partial charge on any atom is -0.481 e. The largest absolute Gasteiger partial charge is 0.481 e. The highest BCUT2D eigenvalue weighted by atomic mass is 19.4. The zero-order valence-electron chi connectivity index (χ0n) is 16.6. The zero-order valence-corrected chi connectivity index (χ0v) is 16.6. The lowest BCUT2D eigenvalue weighted by Gasteiger charge is -2.38. The molecule has 1 saturated heterocycles. The molecule has 2 aromatic carbocycles. The second-order valence-corrected chi connectivity index (χ2v) is 7.96. The molecule has 1 fully saturated rings. The minimum atomic E-state index is -4.45. The van der Waals surface area contributed by atoms with E-state index < -0.39 is 29.7 Å². The van der Waals surface area contributed by atoms with Gasteiger partial charge in [0.25, 0.3) is 0 Å². The van der Waals surface area contributed by atoms with E-state index in [2.05, 4.69) is 13.8 Å². The summed E-state index contributed by atoms with van der Waals surface area (Å²) < 4.78 is 41.2. The van der Waals surface area contributed by atoms with Gasteiger partial charge in [-0.3, -0.25) is 9.69 Å². The summed E-state index contributed by atoms with van der Waals surface area (Å²) >= 11 is 0. The van der Waals surface area contributed by atoms with Gasteiger partial charge in [0.1, 0.15) is 0 Å². The molecule has 0 aromatic heterocycles. The molecule has 0 saturated carbocycles. The number of piperidine rings is 1. The Labute approximate surface area is 169 Å². The number of alkyl halides is 3. The first kappa shape index (κ1) is 21.4. The van der Waals surface area contributed by atoms with Crippen molar-refractivity contribution in [2.75, 3.05) is 13.1 Å². The van der Waals surface area contributed by atoms with E-state index in [4.69, 9.17) is 0 Å². The predicted octanol–water partition coefficient (Wildman–Crippen LogP) is 5.71. The molecule has 156 valence electrons. The lowest BCUT2D eigenvalue weighted by atomic mass is 9.88. The molecule has 1 aliphatic rings. The fraction of sp³-hybridized carbons (Fsp3) is 0.435. The molecule has 1 unspecified atom stereocenters. The van der Waals surface area contributed by atoms with Crippen LogP contribution in [-0.4, -0.2) is 29.1 Å². The predicted molar refractivity (Wildman–Crippen MR) is 106 cm³/mol. The molecule has 3 nitrogen and oxygen atoms in total. The second-order valence-electron chi connectivity index (χ2n) is 7.96. The highest BCUT2D eigenvalue weighted by molar-refractivity contribution is 5.70. The van der Waals surface area contributed by atoms with Crippen molar-refractivity contribution in [2.24, 2.45) is 5.92 Å². The van der Waals surface area contributed by atoms with Crippen molar-refractivity contribution in [3.8, 4) is 0 Å².